The van der Waals surface area contributed by atoms with E-state index in [4.69, 9.17) is 4.74 Å². The number of hydrogen-bond acceptors (Lipinski definition) is 4. The maximum atomic E-state index is 12.1. The van der Waals surface area contributed by atoms with Gasteiger partial charge in [0.1, 0.15) is 6.61 Å². The third kappa shape index (κ3) is 6.22. The normalized spacial score (nSPS) is 11.4. The zero-order valence-corrected chi connectivity index (χ0v) is 14.1. The molecule has 0 saturated heterocycles. The summed E-state index contributed by atoms with van der Waals surface area (Å²) in [4.78, 5) is 35.8. The molecule has 2 aromatic rings. The summed E-state index contributed by atoms with van der Waals surface area (Å²) in [6.45, 7) is 1.72. The van der Waals surface area contributed by atoms with Crippen molar-refractivity contribution in [2.45, 2.75) is 32.4 Å². The molecule has 0 bridgehead atoms. The van der Waals surface area contributed by atoms with Crippen molar-refractivity contribution in [3.05, 3.63) is 71.8 Å². The SMILES string of the molecule is C[C@H](NC(=O)OCc1ccccc1)C(=O)CCC(=O)c1ccccc1. The first-order valence-corrected chi connectivity index (χ1v) is 8.14. The molecule has 0 spiro atoms. The summed E-state index contributed by atoms with van der Waals surface area (Å²) in [5.74, 6) is -0.297. The quantitative estimate of drug-likeness (QED) is 0.747. The highest BCUT2D eigenvalue weighted by Gasteiger charge is 2.17. The summed E-state index contributed by atoms with van der Waals surface area (Å²) in [6.07, 6.45) is -0.457. The number of hydrogen-bond donors (Lipinski definition) is 1. The van der Waals surface area contributed by atoms with Crippen LogP contribution >= 0.6 is 0 Å². The number of amides is 1. The lowest BCUT2D eigenvalue weighted by molar-refractivity contribution is -0.120. The van der Waals surface area contributed by atoms with Gasteiger partial charge in [-0.2, -0.15) is 0 Å². The Bertz CT molecular complexity index is 713. The van der Waals surface area contributed by atoms with Gasteiger partial charge in [-0.15, -0.1) is 0 Å². The van der Waals surface area contributed by atoms with Crippen LogP contribution in [-0.4, -0.2) is 23.7 Å². The molecule has 0 fully saturated rings. The Kier molecular flexibility index (Phi) is 6.89. The summed E-state index contributed by atoms with van der Waals surface area (Å²) in [5, 5.41) is 2.49. The monoisotopic (exact) mass is 339 g/mol. The lowest BCUT2D eigenvalue weighted by atomic mass is 10.0. The summed E-state index contributed by atoms with van der Waals surface area (Å²) in [7, 11) is 0. The first-order valence-electron chi connectivity index (χ1n) is 8.14. The first kappa shape index (κ1) is 18.4. The van der Waals surface area contributed by atoms with Crippen LogP contribution in [0.1, 0.15) is 35.7 Å². The van der Waals surface area contributed by atoms with Gasteiger partial charge in [0.05, 0.1) is 6.04 Å². The molecule has 1 amide bonds. The molecular weight excluding hydrogens is 318 g/mol. The minimum atomic E-state index is -0.702. The second kappa shape index (κ2) is 9.37. The van der Waals surface area contributed by atoms with Crippen LogP contribution in [0.25, 0.3) is 0 Å². The minimum absolute atomic E-state index is 0.0772. The smallest absolute Gasteiger partial charge is 0.408 e. The lowest BCUT2D eigenvalue weighted by Gasteiger charge is -2.13. The maximum absolute atomic E-state index is 12.1. The van der Waals surface area contributed by atoms with Gasteiger partial charge in [-0.1, -0.05) is 60.7 Å². The molecule has 0 unspecified atom stereocenters. The highest BCUT2D eigenvalue weighted by molar-refractivity contribution is 5.99. The second-order valence-electron chi connectivity index (χ2n) is 5.68. The van der Waals surface area contributed by atoms with E-state index >= 15 is 0 Å². The Labute approximate surface area is 147 Å². The molecule has 5 nitrogen and oxygen atoms in total. The van der Waals surface area contributed by atoms with E-state index in [9.17, 15) is 14.4 Å². The van der Waals surface area contributed by atoms with Crippen LogP contribution < -0.4 is 5.32 Å². The van der Waals surface area contributed by atoms with Gasteiger partial charge < -0.3 is 10.1 Å². The number of ether oxygens (including phenoxy) is 1. The van der Waals surface area contributed by atoms with Crippen LogP contribution in [0.4, 0.5) is 4.79 Å². The van der Waals surface area contributed by atoms with E-state index in [1.54, 1.807) is 31.2 Å². The number of alkyl carbamates (subject to hydrolysis) is 1. The van der Waals surface area contributed by atoms with E-state index in [2.05, 4.69) is 5.32 Å². The summed E-state index contributed by atoms with van der Waals surface area (Å²) in [5.41, 5.74) is 1.45. The standard InChI is InChI=1S/C20H21NO4/c1-15(21-20(24)25-14-16-8-4-2-5-9-16)18(22)12-13-19(23)17-10-6-3-7-11-17/h2-11,15H,12-14H2,1H3,(H,21,24)/t15-/m0/s1. The number of Topliss-reactive ketones (excluding diaryl/α,β-unsaturated/α-hetero) is 2. The fourth-order valence-electron chi connectivity index (χ4n) is 2.24. The number of ketones is 2. The molecule has 0 aliphatic heterocycles. The number of benzene rings is 2. The van der Waals surface area contributed by atoms with Crippen molar-refractivity contribution in [1.82, 2.24) is 5.32 Å². The zero-order chi connectivity index (χ0) is 18.1. The average Bonchev–Trinajstić information content (AvgIpc) is 2.65. The molecule has 130 valence electrons. The first-order chi connectivity index (χ1) is 12.1. The Morgan fingerprint density at radius 2 is 1.52 bits per heavy atom. The maximum Gasteiger partial charge on any atom is 0.408 e. The van der Waals surface area contributed by atoms with Gasteiger partial charge in [0.2, 0.25) is 0 Å². The summed E-state index contributed by atoms with van der Waals surface area (Å²) >= 11 is 0. The van der Waals surface area contributed by atoms with Crippen LogP contribution in [-0.2, 0) is 16.1 Å². The van der Waals surface area contributed by atoms with Crippen molar-refractivity contribution in [2.24, 2.45) is 0 Å². The molecule has 1 N–H and O–H groups in total. The molecule has 0 heterocycles. The number of nitrogens with one attached hydrogen (secondary N) is 1. The van der Waals surface area contributed by atoms with E-state index < -0.39 is 12.1 Å². The van der Waals surface area contributed by atoms with Crippen molar-refractivity contribution in [1.29, 1.82) is 0 Å². The van der Waals surface area contributed by atoms with E-state index in [1.165, 1.54) is 0 Å². The molecular formula is C20H21NO4. The number of rotatable bonds is 8. The number of carbonyl (C=O) groups excluding carboxylic acids is 3. The zero-order valence-electron chi connectivity index (χ0n) is 14.1. The van der Waals surface area contributed by atoms with Crippen LogP contribution in [0.2, 0.25) is 0 Å². The molecule has 0 aliphatic carbocycles. The Morgan fingerprint density at radius 3 is 2.16 bits per heavy atom. The van der Waals surface area contributed by atoms with Gasteiger partial charge in [-0.3, -0.25) is 9.59 Å². The third-order valence-electron chi connectivity index (χ3n) is 3.72. The van der Waals surface area contributed by atoms with Crippen LogP contribution in [0.3, 0.4) is 0 Å². The number of carbonyl (C=O) groups is 3. The van der Waals surface area contributed by atoms with Crippen LogP contribution in [0, 0.1) is 0 Å². The topological polar surface area (TPSA) is 72.5 Å². The Balaban J connectivity index is 1.72. The van der Waals surface area contributed by atoms with E-state index in [-0.39, 0.29) is 31.0 Å². The predicted octanol–water partition coefficient (Wildman–Crippen LogP) is 3.53. The fraction of sp³-hybridized carbons (Fsp3) is 0.250. The van der Waals surface area contributed by atoms with Crippen molar-refractivity contribution in [3.63, 3.8) is 0 Å². The molecule has 0 aromatic heterocycles. The largest absolute Gasteiger partial charge is 0.445 e. The predicted molar refractivity (Wildman–Crippen MR) is 94.2 cm³/mol. The Morgan fingerprint density at radius 1 is 0.920 bits per heavy atom. The Hall–Kier alpha value is -2.95. The van der Waals surface area contributed by atoms with Gasteiger partial charge in [-0.25, -0.2) is 4.79 Å². The van der Waals surface area contributed by atoms with Crippen LogP contribution in [0.5, 0.6) is 0 Å². The van der Waals surface area contributed by atoms with Crippen molar-refractivity contribution >= 4 is 17.7 Å². The van der Waals surface area contributed by atoms with E-state index in [0.29, 0.717) is 5.56 Å². The highest BCUT2D eigenvalue weighted by Crippen LogP contribution is 2.07. The molecule has 0 radical (unpaired) electrons. The van der Waals surface area contributed by atoms with Crippen molar-refractivity contribution < 1.29 is 19.1 Å². The molecule has 2 aromatic carbocycles. The molecule has 2 rings (SSSR count). The highest BCUT2D eigenvalue weighted by atomic mass is 16.5. The van der Waals surface area contributed by atoms with Crippen LogP contribution in [0.15, 0.2) is 60.7 Å². The van der Waals surface area contributed by atoms with Gasteiger partial charge in [0.15, 0.2) is 11.6 Å². The molecule has 0 aliphatic rings. The molecule has 25 heavy (non-hydrogen) atoms. The molecule has 0 saturated carbocycles. The van der Waals surface area contributed by atoms with Gasteiger partial charge in [0.25, 0.3) is 0 Å². The van der Waals surface area contributed by atoms with Gasteiger partial charge >= 0.3 is 6.09 Å². The minimum Gasteiger partial charge on any atom is -0.445 e. The summed E-state index contributed by atoms with van der Waals surface area (Å²) in [6, 6.07) is 17.4. The molecule has 5 heteroatoms. The lowest BCUT2D eigenvalue weighted by Crippen LogP contribution is -2.38. The fourth-order valence-corrected chi connectivity index (χ4v) is 2.24. The van der Waals surface area contributed by atoms with Crippen molar-refractivity contribution in [2.75, 3.05) is 0 Å². The van der Waals surface area contributed by atoms with Gasteiger partial charge in [0, 0.05) is 18.4 Å². The summed E-state index contributed by atoms with van der Waals surface area (Å²) < 4.78 is 5.07. The third-order valence-corrected chi connectivity index (χ3v) is 3.72. The molecule has 1 atom stereocenters. The van der Waals surface area contributed by atoms with Gasteiger partial charge in [-0.05, 0) is 12.5 Å². The van der Waals surface area contributed by atoms with Crippen molar-refractivity contribution in [3.8, 4) is 0 Å². The van der Waals surface area contributed by atoms with E-state index in [0.717, 1.165) is 5.56 Å². The second-order valence-corrected chi connectivity index (χ2v) is 5.68. The average molecular weight is 339 g/mol. The van der Waals surface area contributed by atoms with E-state index in [1.807, 2.05) is 36.4 Å².